The predicted molar refractivity (Wildman–Crippen MR) is 109 cm³/mol. The molecule has 0 spiro atoms. The van der Waals surface area contributed by atoms with E-state index < -0.39 is 0 Å². The van der Waals surface area contributed by atoms with Crippen molar-refractivity contribution in [3.05, 3.63) is 82.6 Å². The Bertz CT molecular complexity index is 791. The van der Waals surface area contributed by atoms with Crippen LogP contribution in [-0.4, -0.2) is 6.04 Å². The van der Waals surface area contributed by atoms with E-state index in [1.165, 1.54) is 39.1 Å². The topological polar surface area (TPSA) is 3.24 Å². The highest BCUT2D eigenvalue weighted by molar-refractivity contribution is 5.81. The molecule has 1 radical (unpaired) electrons. The molecule has 0 fully saturated rings. The number of benzene rings is 2. The fourth-order valence-corrected chi connectivity index (χ4v) is 3.75. The lowest BCUT2D eigenvalue weighted by atomic mass is 9.84. The lowest BCUT2D eigenvalue weighted by molar-refractivity contribution is 0.728. The monoisotopic (exact) mass is 330 g/mol. The lowest BCUT2D eigenvalue weighted by Crippen LogP contribution is -2.35. The summed E-state index contributed by atoms with van der Waals surface area (Å²) >= 11 is 0. The van der Waals surface area contributed by atoms with Crippen LogP contribution < -0.4 is 4.90 Å². The molecule has 0 amide bonds. The van der Waals surface area contributed by atoms with E-state index in [1.54, 1.807) is 0 Å². The molecule has 25 heavy (non-hydrogen) atoms. The Balaban J connectivity index is 2.13. The van der Waals surface area contributed by atoms with E-state index in [9.17, 15) is 0 Å². The zero-order valence-electron chi connectivity index (χ0n) is 16.1. The van der Waals surface area contributed by atoms with Crippen LogP contribution in [0.25, 0.3) is 5.57 Å². The number of hydrogen-bond donors (Lipinski definition) is 0. The minimum absolute atomic E-state index is 0.323. The zero-order chi connectivity index (χ0) is 18.0. The van der Waals surface area contributed by atoms with Gasteiger partial charge in [-0.25, -0.2) is 0 Å². The summed E-state index contributed by atoms with van der Waals surface area (Å²) in [5.41, 5.74) is 9.31. The quantitative estimate of drug-likeness (QED) is 0.620. The molecule has 0 N–H and O–H groups in total. The van der Waals surface area contributed by atoms with Crippen LogP contribution in [0.2, 0.25) is 0 Å². The first-order chi connectivity index (χ1) is 12.0. The van der Waals surface area contributed by atoms with Crippen molar-refractivity contribution < 1.29 is 0 Å². The maximum Gasteiger partial charge on any atom is 0.0693 e. The van der Waals surface area contributed by atoms with E-state index in [0.29, 0.717) is 6.04 Å². The fraction of sp³-hybridized carbons (Fsp3) is 0.333. The summed E-state index contributed by atoms with van der Waals surface area (Å²) in [6.07, 6.45) is 5.76. The highest BCUT2D eigenvalue weighted by Crippen LogP contribution is 2.39. The van der Waals surface area contributed by atoms with Crippen molar-refractivity contribution in [3.63, 3.8) is 0 Å². The Kier molecular flexibility index (Phi) is 5.13. The molecule has 2 aromatic rings. The minimum atomic E-state index is 0.323. The maximum absolute atomic E-state index is 3.66. The molecule has 129 valence electrons. The van der Waals surface area contributed by atoms with Crippen molar-refractivity contribution in [3.8, 4) is 0 Å². The van der Waals surface area contributed by atoms with E-state index in [4.69, 9.17) is 0 Å². The second kappa shape index (κ2) is 7.31. The molecule has 1 heteroatoms. The van der Waals surface area contributed by atoms with Gasteiger partial charge in [-0.1, -0.05) is 61.4 Å². The molecule has 1 aliphatic heterocycles. The third-order valence-corrected chi connectivity index (χ3v) is 5.13. The van der Waals surface area contributed by atoms with Crippen LogP contribution in [0.1, 0.15) is 50.3 Å². The van der Waals surface area contributed by atoms with Crippen LogP contribution in [0.5, 0.6) is 0 Å². The second-order valence-electron chi connectivity index (χ2n) is 6.98. The molecule has 0 aliphatic carbocycles. The van der Waals surface area contributed by atoms with Crippen molar-refractivity contribution in [2.75, 3.05) is 4.90 Å². The highest BCUT2D eigenvalue weighted by atomic mass is 15.2. The van der Waals surface area contributed by atoms with Crippen LogP contribution >= 0.6 is 0 Å². The van der Waals surface area contributed by atoms with Crippen molar-refractivity contribution in [2.45, 2.75) is 53.5 Å². The van der Waals surface area contributed by atoms with E-state index in [-0.39, 0.29) is 0 Å². The molecule has 0 aromatic heterocycles. The predicted octanol–water partition coefficient (Wildman–Crippen LogP) is 6.47. The van der Waals surface area contributed by atoms with E-state index in [0.717, 1.165) is 12.8 Å². The van der Waals surface area contributed by atoms with Gasteiger partial charge >= 0.3 is 0 Å². The first kappa shape index (κ1) is 17.5. The van der Waals surface area contributed by atoms with Crippen molar-refractivity contribution in [2.24, 2.45) is 0 Å². The number of anilines is 1. The number of nitrogens with zero attached hydrogens (tertiary/aromatic N) is 1. The first-order valence-corrected chi connectivity index (χ1v) is 9.31. The van der Waals surface area contributed by atoms with E-state index in [2.05, 4.69) is 94.2 Å². The van der Waals surface area contributed by atoms with Gasteiger partial charge in [0.1, 0.15) is 0 Å². The van der Waals surface area contributed by atoms with Crippen LogP contribution in [0, 0.1) is 20.0 Å². The molecule has 1 aliphatic rings. The average Bonchev–Trinajstić information content (AvgIpc) is 2.62. The number of rotatable bonds is 4. The molecule has 3 rings (SSSR count). The summed E-state index contributed by atoms with van der Waals surface area (Å²) in [6, 6.07) is 18.1. The fourth-order valence-electron chi connectivity index (χ4n) is 3.75. The number of aryl methyl sites for hydroxylation is 2. The molecule has 2 aromatic carbocycles. The lowest BCUT2D eigenvalue weighted by Gasteiger charge is -2.37. The SMILES string of the molecule is CCC1=C(c2ccc(C)cc2)C(CC)N(c2ccc(C)cc2)[C]=C1C. The summed E-state index contributed by atoms with van der Waals surface area (Å²) in [6.45, 7) is 11.0. The van der Waals surface area contributed by atoms with E-state index in [1.807, 2.05) is 0 Å². The summed E-state index contributed by atoms with van der Waals surface area (Å²) in [4.78, 5) is 2.34. The molecular weight excluding hydrogens is 302 g/mol. The van der Waals surface area contributed by atoms with Crippen molar-refractivity contribution >= 4 is 11.3 Å². The zero-order valence-corrected chi connectivity index (χ0v) is 16.1. The third kappa shape index (κ3) is 3.42. The summed E-state index contributed by atoms with van der Waals surface area (Å²) in [5.74, 6) is 0. The normalized spacial score (nSPS) is 17.7. The smallest absolute Gasteiger partial charge is 0.0693 e. The molecule has 1 nitrogen and oxygen atoms in total. The van der Waals surface area contributed by atoms with Gasteiger partial charge in [-0.15, -0.1) is 0 Å². The van der Waals surface area contributed by atoms with Gasteiger partial charge in [-0.05, 0) is 68.0 Å². The van der Waals surface area contributed by atoms with Crippen LogP contribution in [0.4, 0.5) is 5.69 Å². The Morgan fingerprint density at radius 1 is 0.840 bits per heavy atom. The highest BCUT2D eigenvalue weighted by Gasteiger charge is 2.28. The number of allylic oxidation sites excluding steroid dienone is 2. The first-order valence-electron chi connectivity index (χ1n) is 9.31. The van der Waals surface area contributed by atoms with Gasteiger partial charge in [0.25, 0.3) is 0 Å². The Morgan fingerprint density at radius 2 is 1.40 bits per heavy atom. The maximum atomic E-state index is 3.66. The second-order valence-corrected chi connectivity index (χ2v) is 6.98. The molecule has 0 saturated carbocycles. The van der Waals surface area contributed by atoms with Gasteiger partial charge in [-0.3, -0.25) is 0 Å². The molecule has 1 atom stereocenters. The van der Waals surface area contributed by atoms with Gasteiger partial charge in [-0.2, -0.15) is 0 Å². The van der Waals surface area contributed by atoms with Gasteiger partial charge in [0.05, 0.1) is 12.2 Å². The Labute approximate surface area is 152 Å². The van der Waals surface area contributed by atoms with Crippen LogP contribution in [0.3, 0.4) is 0 Å². The van der Waals surface area contributed by atoms with Gasteiger partial charge in [0.15, 0.2) is 0 Å². The standard InChI is InChI=1S/C24H28N/c1-6-22-19(5)16-25(21-14-10-18(4)11-15-21)23(7-2)24(22)20-12-8-17(3)9-13-20/h8-15,23H,6-7H2,1-5H3. The van der Waals surface area contributed by atoms with Crippen molar-refractivity contribution in [1.82, 2.24) is 0 Å². The van der Waals surface area contributed by atoms with Gasteiger partial charge in [0.2, 0.25) is 0 Å². The van der Waals surface area contributed by atoms with Crippen molar-refractivity contribution in [1.29, 1.82) is 0 Å². The molecular formula is C24H28N. The molecule has 1 unspecified atom stereocenters. The third-order valence-electron chi connectivity index (χ3n) is 5.13. The summed E-state index contributed by atoms with van der Waals surface area (Å²) in [5, 5.41) is 0. The van der Waals surface area contributed by atoms with Gasteiger partial charge in [0, 0.05) is 5.69 Å². The van der Waals surface area contributed by atoms with Crippen LogP contribution in [0.15, 0.2) is 59.7 Å². The molecule has 1 heterocycles. The average molecular weight is 330 g/mol. The minimum Gasteiger partial charge on any atom is -0.332 e. The summed E-state index contributed by atoms with van der Waals surface area (Å²) in [7, 11) is 0. The Hall–Kier alpha value is -2.28. The van der Waals surface area contributed by atoms with Crippen LogP contribution in [-0.2, 0) is 0 Å². The summed E-state index contributed by atoms with van der Waals surface area (Å²) < 4.78 is 0. The largest absolute Gasteiger partial charge is 0.332 e. The molecule has 0 saturated heterocycles. The van der Waals surface area contributed by atoms with Gasteiger partial charge < -0.3 is 4.90 Å². The van der Waals surface area contributed by atoms with E-state index >= 15 is 0 Å². The number of hydrogen-bond acceptors (Lipinski definition) is 1. The Morgan fingerprint density at radius 3 is 1.92 bits per heavy atom. The molecule has 0 bridgehead atoms.